The normalized spacial score (nSPS) is 13.1. The Balaban J connectivity index is 1.41. The fourth-order valence-electron chi connectivity index (χ4n) is 4.20. The van der Waals surface area contributed by atoms with Crippen LogP contribution in [-0.4, -0.2) is 37.4 Å². The molecule has 0 saturated carbocycles. The van der Waals surface area contributed by atoms with Gasteiger partial charge in [0.05, 0.1) is 27.2 Å². The largest absolute Gasteiger partial charge is 0.371 e. The fraction of sp³-hybridized carbons (Fsp3) is 0.167. The number of fused-ring (bicyclic) bond motifs is 2. The molecular weight excluding hydrogens is 454 g/mol. The zero-order valence-corrected chi connectivity index (χ0v) is 19.2. The minimum Gasteiger partial charge on any atom is -0.371 e. The first-order chi connectivity index (χ1) is 16.3. The van der Waals surface area contributed by atoms with Crippen LogP contribution in [0.3, 0.4) is 0 Å². The van der Waals surface area contributed by atoms with E-state index >= 15 is 0 Å². The van der Waals surface area contributed by atoms with Gasteiger partial charge in [0.15, 0.2) is 0 Å². The molecule has 4 aromatic rings. The first-order valence-corrected chi connectivity index (χ1v) is 12.4. The zero-order valence-electron chi connectivity index (χ0n) is 18.4. The van der Waals surface area contributed by atoms with Crippen LogP contribution in [0.5, 0.6) is 0 Å². The molecule has 0 radical (unpaired) electrons. The van der Waals surface area contributed by atoms with Gasteiger partial charge >= 0.3 is 5.69 Å². The molecule has 10 heteroatoms. The van der Waals surface area contributed by atoms with Gasteiger partial charge in [-0.1, -0.05) is 18.2 Å². The Morgan fingerprint density at radius 2 is 1.82 bits per heavy atom. The lowest BCUT2D eigenvalue weighted by Gasteiger charge is -2.18. The maximum absolute atomic E-state index is 13.1. The van der Waals surface area contributed by atoms with E-state index in [2.05, 4.69) is 31.8 Å². The molecule has 34 heavy (non-hydrogen) atoms. The van der Waals surface area contributed by atoms with E-state index in [-0.39, 0.29) is 16.1 Å². The van der Waals surface area contributed by atoms with Crippen molar-refractivity contribution in [1.29, 1.82) is 0 Å². The number of imidazole rings is 1. The highest BCUT2D eigenvalue weighted by molar-refractivity contribution is 7.92. The summed E-state index contributed by atoms with van der Waals surface area (Å²) in [5.74, 6) is -0.426. The van der Waals surface area contributed by atoms with E-state index < -0.39 is 21.6 Å². The predicted octanol–water partition coefficient (Wildman–Crippen LogP) is 3.29. The summed E-state index contributed by atoms with van der Waals surface area (Å²) in [6.45, 7) is 3.93. The standard InChI is InChI=1S/C24H23N5O4S/c1-2-29-12-11-15-7-8-16(13-22(15)29)25-23(30)18-5-3-4-6-19(18)28-34(32,33)17-9-10-20-21(14-17)27-24(31)26-20/h3-10,13-14,28H,2,11-12H2,1H3,(H,25,30)(H2,26,27,31). The third-order valence-electron chi connectivity index (χ3n) is 5.93. The van der Waals surface area contributed by atoms with Crippen LogP contribution in [0.2, 0.25) is 0 Å². The van der Waals surface area contributed by atoms with Crippen LogP contribution in [0.1, 0.15) is 22.8 Å². The van der Waals surface area contributed by atoms with Gasteiger partial charge in [-0.3, -0.25) is 9.52 Å². The Hall–Kier alpha value is -4.05. The number of sulfonamides is 1. The van der Waals surface area contributed by atoms with Crippen LogP contribution < -0.4 is 20.6 Å². The lowest BCUT2D eigenvalue weighted by Crippen LogP contribution is -2.20. The van der Waals surface area contributed by atoms with Crippen LogP contribution >= 0.6 is 0 Å². The van der Waals surface area contributed by atoms with Gasteiger partial charge in [0.25, 0.3) is 15.9 Å². The minimum atomic E-state index is -4.02. The highest BCUT2D eigenvalue weighted by Crippen LogP contribution is 2.31. The third kappa shape index (κ3) is 4.03. The molecule has 2 heterocycles. The number of amides is 1. The molecule has 174 valence electrons. The van der Waals surface area contributed by atoms with Gasteiger partial charge < -0.3 is 20.2 Å². The average Bonchev–Trinajstić information content (AvgIpc) is 3.40. The van der Waals surface area contributed by atoms with Gasteiger partial charge in [0.2, 0.25) is 0 Å². The average molecular weight is 478 g/mol. The maximum Gasteiger partial charge on any atom is 0.323 e. The number of hydrogen-bond donors (Lipinski definition) is 4. The van der Waals surface area contributed by atoms with Crippen LogP contribution in [0, 0.1) is 0 Å². The number of para-hydroxylation sites is 1. The van der Waals surface area contributed by atoms with E-state index in [9.17, 15) is 18.0 Å². The molecule has 0 saturated heterocycles. The van der Waals surface area contributed by atoms with Crippen LogP contribution in [-0.2, 0) is 16.4 Å². The molecular formula is C24H23N5O4S. The molecule has 4 N–H and O–H groups in total. The summed E-state index contributed by atoms with van der Waals surface area (Å²) in [5.41, 5.74) is 3.78. The Morgan fingerprint density at radius 1 is 1.03 bits per heavy atom. The Bertz CT molecular complexity index is 1570. The van der Waals surface area contributed by atoms with Crippen molar-refractivity contribution in [2.75, 3.05) is 28.0 Å². The summed E-state index contributed by atoms with van der Waals surface area (Å²) in [7, 11) is -4.02. The van der Waals surface area contributed by atoms with Gasteiger partial charge in [-0.15, -0.1) is 0 Å². The minimum absolute atomic E-state index is 0.0382. The molecule has 1 aliphatic rings. The van der Waals surface area contributed by atoms with Gasteiger partial charge in [0.1, 0.15) is 0 Å². The van der Waals surface area contributed by atoms with Crippen molar-refractivity contribution < 1.29 is 13.2 Å². The quantitative estimate of drug-likeness (QED) is 0.339. The van der Waals surface area contributed by atoms with Crippen molar-refractivity contribution in [3.63, 3.8) is 0 Å². The number of carbonyl (C=O) groups is 1. The van der Waals surface area contributed by atoms with Crippen molar-refractivity contribution in [1.82, 2.24) is 9.97 Å². The van der Waals surface area contributed by atoms with E-state index in [1.54, 1.807) is 18.2 Å². The molecule has 0 bridgehead atoms. The topological polar surface area (TPSA) is 127 Å². The summed E-state index contributed by atoms with van der Waals surface area (Å²) in [6.07, 6.45) is 0.977. The van der Waals surface area contributed by atoms with Crippen molar-refractivity contribution in [3.05, 3.63) is 82.3 Å². The monoisotopic (exact) mass is 477 g/mol. The molecule has 1 amide bonds. The van der Waals surface area contributed by atoms with Gasteiger partial charge in [-0.2, -0.15) is 0 Å². The molecule has 0 unspecified atom stereocenters. The predicted molar refractivity (Wildman–Crippen MR) is 132 cm³/mol. The molecule has 9 nitrogen and oxygen atoms in total. The molecule has 0 spiro atoms. The van der Waals surface area contributed by atoms with E-state index in [0.717, 1.165) is 25.2 Å². The van der Waals surface area contributed by atoms with E-state index in [0.29, 0.717) is 16.7 Å². The number of nitrogens with zero attached hydrogens (tertiary/aromatic N) is 1. The number of nitrogens with one attached hydrogen (secondary N) is 4. The van der Waals surface area contributed by atoms with Crippen molar-refractivity contribution >= 4 is 44.0 Å². The molecule has 1 aromatic heterocycles. The summed E-state index contributed by atoms with van der Waals surface area (Å²) in [4.78, 5) is 31.9. The first-order valence-electron chi connectivity index (χ1n) is 10.9. The third-order valence-corrected chi connectivity index (χ3v) is 7.29. The number of H-pyrrole nitrogens is 2. The van der Waals surface area contributed by atoms with Crippen molar-refractivity contribution in [3.8, 4) is 0 Å². The zero-order chi connectivity index (χ0) is 23.9. The fourth-order valence-corrected chi connectivity index (χ4v) is 5.31. The summed E-state index contributed by atoms with van der Waals surface area (Å²) < 4.78 is 28.6. The number of carbonyl (C=O) groups excluding carboxylic acids is 1. The molecule has 1 aliphatic heterocycles. The summed E-state index contributed by atoms with van der Waals surface area (Å²) in [6, 6.07) is 16.5. The lowest BCUT2D eigenvalue weighted by atomic mass is 10.1. The van der Waals surface area contributed by atoms with Crippen LogP contribution in [0.25, 0.3) is 11.0 Å². The number of likely N-dealkylation sites (N-methyl/N-ethyl adjacent to an activating group) is 1. The second-order valence-corrected chi connectivity index (χ2v) is 9.75. The SMILES string of the molecule is CCN1CCc2ccc(NC(=O)c3ccccc3NS(=O)(=O)c3ccc4[nH]c(=O)[nH]c4c3)cc21. The van der Waals surface area contributed by atoms with Gasteiger partial charge in [-0.25, -0.2) is 13.2 Å². The second kappa shape index (κ2) is 8.38. The van der Waals surface area contributed by atoms with Crippen LogP contribution in [0.4, 0.5) is 17.1 Å². The number of anilines is 3. The van der Waals surface area contributed by atoms with Crippen LogP contribution in [0.15, 0.2) is 70.4 Å². The van der Waals surface area contributed by atoms with Gasteiger partial charge in [0, 0.05) is 24.5 Å². The molecule has 0 fully saturated rings. The molecule has 0 aliphatic carbocycles. The number of benzene rings is 3. The Kier molecular flexibility index (Phi) is 5.37. The first kappa shape index (κ1) is 21.8. The van der Waals surface area contributed by atoms with E-state index in [4.69, 9.17) is 0 Å². The number of hydrogen-bond acceptors (Lipinski definition) is 5. The molecule has 3 aromatic carbocycles. The Morgan fingerprint density at radius 3 is 2.65 bits per heavy atom. The van der Waals surface area contributed by atoms with Crippen molar-refractivity contribution in [2.45, 2.75) is 18.2 Å². The number of aromatic amines is 2. The second-order valence-electron chi connectivity index (χ2n) is 8.06. The smallest absolute Gasteiger partial charge is 0.323 e. The summed E-state index contributed by atoms with van der Waals surface area (Å²) >= 11 is 0. The lowest BCUT2D eigenvalue weighted by molar-refractivity contribution is 0.102. The van der Waals surface area contributed by atoms with Crippen molar-refractivity contribution in [2.24, 2.45) is 0 Å². The Labute approximate surface area is 195 Å². The summed E-state index contributed by atoms with van der Waals surface area (Å²) in [5, 5.41) is 2.88. The number of rotatable bonds is 6. The van der Waals surface area contributed by atoms with E-state index in [1.165, 1.54) is 29.8 Å². The molecule has 5 rings (SSSR count). The number of aromatic nitrogens is 2. The van der Waals surface area contributed by atoms with E-state index in [1.807, 2.05) is 18.2 Å². The molecule has 0 atom stereocenters. The highest BCUT2D eigenvalue weighted by atomic mass is 32.2. The maximum atomic E-state index is 13.1. The van der Waals surface area contributed by atoms with Gasteiger partial charge in [-0.05, 0) is 61.4 Å². The highest BCUT2D eigenvalue weighted by Gasteiger charge is 2.21.